The first kappa shape index (κ1) is 25.5. The molecule has 6 heteroatoms. The third-order valence-corrected chi connectivity index (χ3v) is 6.44. The van der Waals surface area contributed by atoms with Crippen LogP contribution in [0, 0.1) is 6.92 Å². The normalized spacial score (nSPS) is 13.7. The van der Waals surface area contributed by atoms with Gasteiger partial charge in [-0.2, -0.15) is 0 Å². The Hall–Kier alpha value is -3.64. The molecule has 0 saturated heterocycles. The highest BCUT2D eigenvalue weighted by molar-refractivity contribution is 5.95. The van der Waals surface area contributed by atoms with Crippen molar-refractivity contribution in [2.75, 3.05) is 6.61 Å². The van der Waals surface area contributed by atoms with E-state index in [2.05, 4.69) is 31.2 Å². The predicted molar refractivity (Wildman–Crippen MR) is 139 cm³/mol. The molecule has 0 bridgehead atoms. The molecule has 3 aromatic carbocycles. The number of hydrogen-bond donors (Lipinski definition) is 2. The van der Waals surface area contributed by atoms with Gasteiger partial charge < -0.3 is 19.8 Å². The Bertz CT molecular complexity index is 1170. The summed E-state index contributed by atoms with van der Waals surface area (Å²) in [5.41, 5.74) is 4.41. The number of amides is 1. The third kappa shape index (κ3) is 6.52. The summed E-state index contributed by atoms with van der Waals surface area (Å²) in [6.45, 7) is 2.47. The minimum absolute atomic E-state index is 0.00616. The number of unbranched alkanes of at least 4 members (excludes halogenated alkanes) is 2. The van der Waals surface area contributed by atoms with Crippen molar-refractivity contribution in [1.82, 2.24) is 4.90 Å². The number of ether oxygens (including phenoxy) is 1. The molecular weight excluding hydrogens is 454 g/mol. The molecule has 1 fully saturated rings. The van der Waals surface area contributed by atoms with Crippen LogP contribution in [-0.2, 0) is 4.79 Å². The van der Waals surface area contributed by atoms with Gasteiger partial charge in [-0.3, -0.25) is 9.59 Å². The summed E-state index contributed by atoms with van der Waals surface area (Å²) < 4.78 is 5.93. The third-order valence-electron chi connectivity index (χ3n) is 6.44. The number of aryl methyl sites for hydroxylation is 1. The van der Waals surface area contributed by atoms with Gasteiger partial charge in [-0.05, 0) is 68.4 Å². The number of carboxylic acid groups (broad SMARTS) is 1. The second-order valence-electron chi connectivity index (χ2n) is 9.35. The summed E-state index contributed by atoms with van der Waals surface area (Å²) in [5, 5.41) is 20.1. The number of carbonyl (C=O) groups excluding carboxylic acids is 1. The fourth-order valence-electron chi connectivity index (χ4n) is 4.24. The molecule has 1 aliphatic carbocycles. The Morgan fingerprint density at radius 3 is 2.19 bits per heavy atom. The lowest BCUT2D eigenvalue weighted by Gasteiger charge is -2.29. The molecule has 1 atom stereocenters. The monoisotopic (exact) mass is 487 g/mol. The van der Waals surface area contributed by atoms with E-state index in [1.165, 1.54) is 5.56 Å². The quantitative estimate of drug-likeness (QED) is 0.242. The molecule has 2 N–H and O–H groups in total. The number of rotatable bonds is 12. The van der Waals surface area contributed by atoms with Gasteiger partial charge in [0.25, 0.3) is 5.91 Å². The van der Waals surface area contributed by atoms with E-state index < -0.39 is 12.2 Å². The Kier molecular flexibility index (Phi) is 8.39. The van der Waals surface area contributed by atoms with Gasteiger partial charge in [0.2, 0.25) is 0 Å². The van der Waals surface area contributed by atoms with Crippen molar-refractivity contribution in [3.63, 3.8) is 0 Å². The highest BCUT2D eigenvalue weighted by Crippen LogP contribution is 2.37. The van der Waals surface area contributed by atoms with Gasteiger partial charge in [-0.15, -0.1) is 0 Å². The first-order valence-corrected chi connectivity index (χ1v) is 12.6. The molecule has 1 aliphatic rings. The van der Waals surface area contributed by atoms with E-state index in [0.29, 0.717) is 29.9 Å². The lowest BCUT2D eigenvalue weighted by molar-refractivity contribution is -0.137. The molecule has 0 radical (unpaired) electrons. The molecule has 0 heterocycles. The molecular formula is C30H33NO5. The number of aliphatic carboxylic acids is 1. The predicted octanol–water partition coefficient (Wildman–Crippen LogP) is 5.98. The molecule has 1 saturated carbocycles. The van der Waals surface area contributed by atoms with Gasteiger partial charge in [-0.25, -0.2) is 0 Å². The molecule has 0 aromatic heterocycles. The summed E-state index contributed by atoms with van der Waals surface area (Å²) in [5.74, 6) is -0.459. The second kappa shape index (κ2) is 11.9. The van der Waals surface area contributed by atoms with Crippen molar-refractivity contribution in [3.8, 4) is 16.9 Å². The molecule has 0 spiro atoms. The largest absolute Gasteiger partial charge is 0.493 e. The van der Waals surface area contributed by atoms with E-state index in [4.69, 9.17) is 9.84 Å². The number of para-hydroxylation sites is 1. The number of aliphatic hydroxyl groups excluding tert-OH is 1. The first-order valence-electron chi connectivity index (χ1n) is 12.6. The van der Waals surface area contributed by atoms with E-state index in [0.717, 1.165) is 36.8 Å². The summed E-state index contributed by atoms with van der Waals surface area (Å²) in [4.78, 5) is 25.7. The maximum Gasteiger partial charge on any atom is 0.303 e. The fourth-order valence-corrected chi connectivity index (χ4v) is 4.24. The topological polar surface area (TPSA) is 87.1 Å². The highest BCUT2D eigenvalue weighted by atomic mass is 16.5. The number of aliphatic hydroxyl groups is 1. The molecule has 0 aliphatic heterocycles. The maximum atomic E-state index is 13.5. The zero-order valence-corrected chi connectivity index (χ0v) is 20.6. The van der Waals surface area contributed by atoms with Gasteiger partial charge in [-0.1, -0.05) is 60.2 Å². The Labute approximate surface area is 212 Å². The van der Waals surface area contributed by atoms with Crippen LogP contribution in [-0.4, -0.2) is 39.6 Å². The molecule has 3 aromatic rings. The van der Waals surface area contributed by atoms with Crippen molar-refractivity contribution in [1.29, 1.82) is 0 Å². The Balaban J connectivity index is 1.45. The summed E-state index contributed by atoms with van der Waals surface area (Å²) in [6.07, 6.45) is 2.83. The van der Waals surface area contributed by atoms with E-state index in [-0.39, 0.29) is 18.4 Å². The van der Waals surface area contributed by atoms with Gasteiger partial charge >= 0.3 is 5.97 Å². The minimum Gasteiger partial charge on any atom is -0.493 e. The van der Waals surface area contributed by atoms with Crippen LogP contribution in [0.5, 0.6) is 5.75 Å². The van der Waals surface area contributed by atoms with Crippen molar-refractivity contribution in [2.45, 2.75) is 57.7 Å². The van der Waals surface area contributed by atoms with Crippen LogP contribution in [0.4, 0.5) is 0 Å². The summed E-state index contributed by atoms with van der Waals surface area (Å²) in [6, 6.07) is 23.0. The number of hydrogen-bond acceptors (Lipinski definition) is 4. The average Bonchev–Trinajstić information content (AvgIpc) is 3.72. The smallest absolute Gasteiger partial charge is 0.303 e. The zero-order chi connectivity index (χ0) is 25.5. The minimum atomic E-state index is -1.12. The van der Waals surface area contributed by atoms with Crippen LogP contribution in [0.3, 0.4) is 0 Å². The number of benzene rings is 3. The van der Waals surface area contributed by atoms with Crippen molar-refractivity contribution in [3.05, 3.63) is 89.5 Å². The van der Waals surface area contributed by atoms with Gasteiger partial charge in [0.1, 0.15) is 5.75 Å². The van der Waals surface area contributed by atoms with E-state index >= 15 is 0 Å². The van der Waals surface area contributed by atoms with Crippen LogP contribution in [0.1, 0.15) is 66.2 Å². The van der Waals surface area contributed by atoms with Crippen LogP contribution in [0.15, 0.2) is 72.8 Å². The lowest BCUT2D eigenvalue weighted by Crippen LogP contribution is -2.37. The first-order chi connectivity index (χ1) is 17.4. The van der Waals surface area contributed by atoms with Gasteiger partial charge in [0.05, 0.1) is 6.61 Å². The van der Waals surface area contributed by atoms with E-state index in [9.17, 15) is 14.7 Å². The van der Waals surface area contributed by atoms with Crippen LogP contribution in [0.25, 0.3) is 11.1 Å². The van der Waals surface area contributed by atoms with Crippen molar-refractivity contribution >= 4 is 11.9 Å². The second-order valence-corrected chi connectivity index (χ2v) is 9.35. The van der Waals surface area contributed by atoms with Crippen LogP contribution < -0.4 is 4.74 Å². The van der Waals surface area contributed by atoms with E-state index in [1.54, 1.807) is 17.0 Å². The number of nitrogens with zero attached hydrogens (tertiary/aromatic N) is 1. The van der Waals surface area contributed by atoms with E-state index in [1.807, 2.05) is 36.4 Å². The summed E-state index contributed by atoms with van der Waals surface area (Å²) in [7, 11) is 0. The molecule has 1 unspecified atom stereocenters. The van der Waals surface area contributed by atoms with Gasteiger partial charge in [0.15, 0.2) is 6.23 Å². The number of carbonyl (C=O) groups is 2. The molecule has 188 valence electrons. The zero-order valence-electron chi connectivity index (χ0n) is 20.6. The molecule has 36 heavy (non-hydrogen) atoms. The SMILES string of the molecule is Cc1ccc(-c2ccc(C(=O)N(C3CC3)C(O)c3ccccc3OCCCCCC(=O)O)cc2)cc1. The molecule has 4 rings (SSSR count). The average molecular weight is 488 g/mol. The highest BCUT2D eigenvalue weighted by Gasteiger charge is 2.38. The van der Waals surface area contributed by atoms with Crippen LogP contribution in [0.2, 0.25) is 0 Å². The van der Waals surface area contributed by atoms with Crippen molar-refractivity contribution < 1.29 is 24.5 Å². The van der Waals surface area contributed by atoms with Crippen molar-refractivity contribution in [2.24, 2.45) is 0 Å². The van der Waals surface area contributed by atoms with Gasteiger partial charge in [0, 0.05) is 23.6 Å². The Morgan fingerprint density at radius 2 is 1.56 bits per heavy atom. The number of carboxylic acids is 1. The molecule has 1 amide bonds. The maximum absolute atomic E-state index is 13.5. The standard InChI is InChI=1S/C30H33NO5/c1-21-10-12-22(13-11-21)23-14-16-24(17-15-23)29(34)31(25-18-19-25)30(35)26-7-4-5-8-27(26)36-20-6-2-3-9-28(32)33/h4-5,7-8,10-17,25,30,35H,2-3,6,9,18-20H2,1H3,(H,32,33). The lowest BCUT2D eigenvalue weighted by atomic mass is 10.0. The Morgan fingerprint density at radius 1 is 0.917 bits per heavy atom. The molecule has 6 nitrogen and oxygen atoms in total. The summed E-state index contributed by atoms with van der Waals surface area (Å²) >= 11 is 0. The van der Waals surface area contributed by atoms with Crippen LogP contribution >= 0.6 is 0 Å². The fraction of sp³-hybridized carbons (Fsp3) is 0.333.